The molecule has 1 aliphatic rings. The highest BCUT2D eigenvalue weighted by Gasteiger charge is 2.29. The summed E-state index contributed by atoms with van der Waals surface area (Å²) < 4.78 is 4.64. The van der Waals surface area contributed by atoms with Gasteiger partial charge in [-0.25, -0.2) is 9.78 Å². The van der Waals surface area contributed by atoms with Crippen LogP contribution < -0.4 is 0 Å². The predicted molar refractivity (Wildman–Crippen MR) is 80.5 cm³/mol. The van der Waals surface area contributed by atoms with E-state index in [1.165, 1.54) is 12.7 Å². The third kappa shape index (κ3) is 2.70. The lowest BCUT2D eigenvalue weighted by molar-refractivity contribution is 0.0594. The van der Waals surface area contributed by atoms with Crippen molar-refractivity contribution in [1.29, 1.82) is 0 Å². The molecule has 1 amide bonds. The zero-order chi connectivity index (χ0) is 15.5. The van der Waals surface area contributed by atoms with Crippen molar-refractivity contribution < 1.29 is 14.3 Å². The number of benzene rings is 1. The molecule has 0 fully saturated rings. The van der Waals surface area contributed by atoms with Crippen LogP contribution >= 0.6 is 0 Å². The molecule has 3 rings (SSSR count). The predicted octanol–water partition coefficient (Wildman–Crippen LogP) is 2.07. The Morgan fingerprint density at radius 3 is 2.73 bits per heavy atom. The SMILES string of the molecule is COC(=O)c1ccc2c(n1)C(=O)N(CCc1ccccc1)C2. The Morgan fingerprint density at radius 1 is 1.23 bits per heavy atom. The minimum atomic E-state index is -0.529. The molecule has 0 atom stereocenters. The normalized spacial score (nSPS) is 13.1. The number of carbonyl (C=O) groups is 2. The van der Waals surface area contributed by atoms with Gasteiger partial charge in [0, 0.05) is 18.7 Å². The van der Waals surface area contributed by atoms with Crippen molar-refractivity contribution in [2.45, 2.75) is 13.0 Å². The van der Waals surface area contributed by atoms with Crippen LogP contribution in [-0.4, -0.2) is 35.4 Å². The van der Waals surface area contributed by atoms with Crippen molar-refractivity contribution >= 4 is 11.9 Å². The fourth-order valence-electron chi connectivity index (χ4n) is 2.54. The summed E-state index contributed by atoms with van der Waals surface area (Å²) in [6.07, 6.45) is 0.796. The molecule has 0 saturated heterocycles. The van der Waals surface area contributed by atoms with E-state index in [2.05, 4.69) is 9.72 Å². The van der Waals surface area contributed by atoms with Crippen LogP contribution in [0.1, 0.15) is 32.1 Å². The minimum absolute atomic E-state index is 0.128. The van der Waals surface area contributed by atoms with E-state index in [-0.39, 0.29) is 11.6 Å². The third-order valence-electron chi connectivity index (χ3n) is 3.74. The van der Waals surface area contributed by atoms with Gasteiger partial charge in [-0.15, -0.1) is 0 Å². The van der Waals surface area contributed by atoms with E-state index in [4.69, 9.17) is 0 Å². The van der Waals surface area contributed by atoms with Crippen LogP contribution in [0.2, 0.25) is 0 Å². The van der Waals surface area contributed by atoms with Crippen molar-refractivity contribution in [2.75, 3.05) is 13.7 Å². The second-order valence-corrected chi connectivity index (χ2v) is 5.16. The standard InChI is InChI=1S/C17H16N2O3/c1-22-17(21)14-8-7-13-11-19(16(20)15(13)18-14)10-9-12-5-3-2-4-6-12/h2-8H,9-11H2,1H3. The number of methoxy groups -OCH3 is 1. The molecular formula is C17H16N2O3. The van der Waals surface area contributed by atoms with Gasteiger partial charge in [0.05, 0.1) is 7.11 Å². The quantitative estimate of drug-likeness (QED) is 0.810. The Morgan fingerprint density at radius 2 is 2.00 bits per heavy atom. The minimum Gasteiger partial charge on any atom is -0.464 e. The molecule has 0 spiro atoms. The highest BCUT2D eigenvalue weighted by molar-refractivity contribution is 5.98. The summed E-state index contributed by atoms with van der Waals surface area (Å²) >= 11 is 0. The molecule has 5 heteroatoms. The average molecular weight is 296 g/mol. The van der Waals surface area contributed by atoms with Crippen molar-refractivity contribution in [3.05, 3.63) is 65.0 Å². The zero-order valence-electron chi connectivity index (χ0n) is 12.3. The fraction of sp³-hybridized carbons (Fsp3) is 0.235. The summed E-state index contributed by atoms with van der Waals surface area (Å²) in [5, 5.41) is 0. The maximum atomic E-state index is 12.4. The number of ether oxygens (including phenoxy) is 1. The van der Waals surface area contributed by atoms with Crippen LogP contribution in [0.3, 0.4) is 0 Å². The number of nitrogens with zero attached hydrogens (tertiary/aromatic N) is 2. The largest absolute Gasteiger partial charge is 0.464 e. The summed E-state index contributed by atoms with van der Waals surface area (Å²) in [7, 11) is 1.30. The summed E-state index contributed by atoms with van der Waals surface area (Å²) in [6, 6.07) is 13.4. The van der Waals surface area contributed by atoms with Gasteiger partial charge in [0.15, 0.2) is 0 Å². The van der Waals surface area contributed by atoms with Gasteiger partial charge in [0.2, 0.25) is 0 Å². The molecule has 0 bridgehead atoms. The number of esters is 1. The summed E-state index contributed by atoms with van der Waals surface area (Å²) in [5.41, 5.74) is 2.57. The van der Waals surface area contributed by atoms with Gasteiger partial charge in [0.1, 0.15) is 11.4 Å². The highest BCUT2D eigenvalue weighted by atomic mass is 16.5. The van der Waals surface area contributed by atoms with Crippen LogP contribution in [-0.2, 0) is 17.7 Å². The first-order chi connectivity index (χ1) is 10.7. The van der Waals surface area contributed by atoms with Crippen LogP contribution in [0.4, 0.5) is 0 Å². The van der Waals surface area contributed by atoms with E-state index in [1.54, 1.807) is 17.0 Å². The summed E-state index contributed by atoms with van der Waals surface area (Å²) in [4.78, 5) is 29.8. The van der Waals surface area contributed by atoms with E-state index in [1.807, 2.05) is 30.3 Å². The Bertz CT molecular complexity index is 713. The number of hydrogen-bond acceptors (Lipinski definition) is 4. The van der Waals surface area contributed by atoms with Crippen LogP contribution in [0.25, 0.3) is 0 Å². The fourth-order valence-corrected chi connectivity index (χ4v) is 2.54. The lowest BCUT2D eigenvalue weighted by Gasteiger charge is -2.14. The third-order valence-corrected chi connectivity index (χ3v) is 3.74. The van der Waals surface area contributed by atoms with E-state index >= 15 is 0 Å². The summed E-state index contributed by atoms with van der Waals surface area (Å²) in [5.74, 6) is -0.657. The van der Waals surface area contributed by atoms with Crippen molar-refractivity contribution in [1.82, 2.24) is 9.88 Å². The number of pyridine rings is 1. The monoisotopic (exact) mass is 296 g/mol. The molecule has 22 heavy (non-hydrogen) atoms. The average Bonchev–Trinajstić information content (AvgIpc) is 2.89. The van der Waals surface area contributed by atoms with Crippen molar-refractivity contribution in [2.24, 2.45) is 0 Å². The first-order valence-corrected chi connectivity index (χ1v) is 7.10. The van der Waals surface area contributed by atoms with Gasteiger partial charge in [-0.2, -0.15) is 0 Å². The lowest BCUT2D eigenvalue weighted by atomic mass is 10.1. The maximum Gasteiger partial charge on any atom is 0.356 e. The van der Waals surface area contributed by atoms with Crippen LogP contribution in [0, 0.1) is 0 Å². The number of fused-ring (bicyclic) bond motifs is 1. The number of rotatable bonds is 4. The second kappa shape index (κ2) is 5.97. The van der Waals surface area contributed by atoms with Gasteiger partial charge in [0.25, 0.3) is 5.91 Å². The maximum absolute atomic E-state index is 12.4. The molecule has 2 heterocycles. The van der Waals surface area contributed by atoms with E-state index < -0.39 is 5.97 Å². The molecule has 0 N–H and O–H groups in total. The van der Waals surface area contributed by atoms with E-state index in [9.17, 15) is 9.59 Å². The Hall–Kier alpha value is -2.69. The number of amides is 1. The second-order valence-electron chi connectivity index (χ2n) is 5.16. The molecule has 2 aromatic rings. The zero-order valence-corrected chi connectivity index (χ0v) is 12.3. The topological polar surface area (TPSA) is 59.5 Å². The molecular weight excluding hydrogens is 280 g/mol. The molecule has 0 radical (unpaired) electrons. The van der Waals surface area contributed by atoms with E-state index in [0.717, 1.165) is 12.0 Å². The smallest absolute Gasteiger partial charge is 0.356 e. The van der Waals surface area contributed by atoms with Gasteiger partial charge < -0.3 is 9.64 Å². The molecule has 0 saturated carbocycles. The molecule has 0 aliphatic carbocycles. The van der Waals surface area contributed by atoms with Gasteiger partial charge in [-0.05, 0) is 18.1 Å². The number of hydrogen-bond donors (Lipinski definition) is 0. The van der Waals surface area contributed by atoms with Gasteiger partial charge in [-0.3, -0.25) is 4.79 Å². The molecule has 5 nitrogen and oxygen atoms in total. The molecule has 0 unspecified atom stereocenters. The lowest BCUT2D eigenvalue weighted by Crippen LogP contribution is -2.26. The highest BCUT2D eigenvalue weighted by Crippen LogP contribution is 2.22. The van der Waals surface area contributed by atoms with Crippen LogP contribution in [0.5, 0.6) is 0 Å². The molecule has 112 valence electrons. The van der Waals surface area contributed by atoms with Crippen molar-refractivity contribution in [3.63, 3.8) is 0 Å². The van der Waals surface area contributed by atoms with E-state index in [0.29, 0.717) is 18.8 Å². The first-order valence-electron chi connectivity index (χ1n) is 7.10. The van der Waals surface area contributed by atoms with Gasteiger partial charge >= 0.3 is 5.97 Å². The number of aromatic nitrogens is 1. The molecule has 1 aliphatic heterocycles. The Labute approximate surface area is 128 Å². The van der Waals surface area contributed by atoms with Crippen LogP contribution in [0.15, 0.2) is 42.5 Å². The number of carbonyl (C=O) groups excluding carboxylic acids is 2. The first kappa shape index (κ1) is 14.3. The Balaban J connectivity index is 1.72. The van der Waals surface area contributed by atoms with Gasteiger partial charge in [-0.1, -0.05) is 36.4 Å². The Kier molecular flexibility index (Phi) is 3.87. The van der Waals surface area contributed by atoms with Crippen molar-refractivity contribution in [3.8, 4) is 0 Å². The summed E-state index contributed by atoms with van der Waals surface area (Å²) in [6.45, 7) is 1.17. The molecule has 1 aromatic heterocycles. The molecule has 1 aromatic carbocycles.